The van der Waals surface area contributed by atoms with Crippen LogP contribution >= 0.6 is 0 Å². The molecule has 3 N–H and O–H groups in total. The van der Waals surface area contributed by atoms with Gasteiger partial charge in [-0.1, -0.05) is 95.2 Å². The number of carbonyl (C=O) groups excluding carboxylic acids is 1. The van der Waals surface area contributed by atoms with Crippen LogP contribution in [0.2, 0.25) is 0 Å². The van der Waals surface area contributed by atoms with Crippen molar-refractivity contribution in [3.05, 3.63) is 23.3 Å². The topological polar surface area (TPSA) is 63.3 Å². The first-order valence-corrected chi connectivity index (χ1v) is 10.6. The van der Waals surface area contributed by atoms with Gasteiger partial charge in [0.2, 0.25) is 5.91 Å². The molecule has 1 aliphatic carbocycles. The highest BCUT2D eigenvalue weighted by atomic mass is 16.3. The SMILES string of the molecule is CC(C)(C)CC(C(N)=O)C1=CC(C(C)(C)C)(C(C)(C)C)C(O)C(C(C)(C)C)=C1. The Morgan fingerprint density at radius 3 is 1.71 bits per heavy atom. The van der Waals surface area contributed by atoms with Crippen LogP contribution in [-0.4, -0.2) is 17.1 Å². The molecule has 0 heterocycles. The molecule has 0 radical (unpaired) electrons. The Hall–Kier alpha value is -1.09. The molecule has 1 aliphatic rings. The molecule has 1 amide bonds. The summed E-state index contributed by atoms with van der Waals surface area (Å²) in [6.45, 7) is 25.9. The summed E-state index contributed by atoms with van der Waals surface area (Å²) < 4.78 is 0. The molecule has 0 bridgehead atoms. The van der Waals surface area contributed by atoms with E-state index in [1.54, 1.807) is 0 Å². The van der Waals surface area contributed by atoms with E-state index in [0.717, 1.165) is 11.1 Å². The number of aliphatic hydroxyl groups excluding tert-OH is 1. The lowest BCUT2D eigenvalue weighted by atomic mass is 9.47. The monoisotopic (exact) mass is 391 g/mol. The predicted octanol–water partition coefficient (Wildman–Crippen LogP) is 5.88. The number of nitrogens with two attached hydrogens (primary N) is 1. The highest BCUT2D eigenvalue weighted by Gasteiger charge is 2.57. The van der Waals surface area contributed by atoms with E-state index in [1.165, 1.54) is 0 Å². The van der Waals surface area contributed by atoms with E-state index in [1.807, 2.05) is 0 Å². The average molecular weight is 392 g/mol. The first kappa shape index (κ1) is 24.9. The van der Waals surface area contributed by atoms with Crippen molar-refractivity contribution in [1.29, 1.82) is 0 Å². The Balaban J connectivity index is 3.90. The molecule has 0 aromatic carbocycles. The lowest BCUT2D eigenvalue weighted by Crippen LogP contribution is -2.56. The highest BCUT2D eigenvalue weighted by molar-refractivity contribution is 5.81. The minimum absolute atomic E-state index is 0.0293. The molecule has 0 aromatic heterocycles. The number of hydrogen-bond acceptors (Lipinski definition) is 2. The van der Waals surface area contributed by atoms with E-state index in [-0.39, 0.29) is 33.5 Å². The van der Waals surface area contributed by atoms with Crippen molar-refractivity contribution in [1.82, 2.24) is 0 Å². The van der Waals surface area contributed by atoms with Crippen molar-refractivity contribution in [3.63, 3.8) is 0 Å². The maximum absolute atomic E-state index is 12.5. The first-order valence-electron chi connectivity index (χ1n) is 10.6. The lowest BCUT2D eigenvalue weighted by Gasteiger charge is -2.58. The quantitative estimate of drug-likeness (QED) is 0.631. The second kappa shape index (κ2) is 7.31. The first-order chi connectivity index (χ1) is 12.1. The zero-order valence-corrected chi connectivity index (χ0v) is 20.4. The third kappa shape index (κ3) is 4.72. The van der Waals surface area contributed by atoms with Gasteiger partial charge >= 0.3 is 0 Å². The Bertz CT molecular complexity index is 641. The van der Waals surface area contributed by atoms with E-state index < -0.39 is 11.5 Å². The highest BCUT2D eigenvalue weighted by Crippen LogP contribution is 2.60. The van der Waals surface area contributed by atoms with Gasteiger partial charge in [0.15, 0.2) is 0 Å². The number of carbonyl (C=O) groups is 1. The van der Waals surface area contributed by atoms with Gasteiger partial charge in [-0.3, -0.25) is 4.79 Å². The summed E-state index contributed by atoms with van der Waals surface area (Å²) in [7, 11) is 0. The fourth-order valence-electron chi connectivity index (χ4n) is 5.09. The van der Waals surface area contributed by atoms with Crippen LogP contribution in [0.25, 0.3) is 0 Å². The summed E-state index contributed by atoms with van der Waals surface area (Å²) in [5.74, 6) is -0.660. The van der Waals surface area contributed by atoms with Gasteiger partial charge in [0.1, 0.15) is 0 Å². The van der Waals surface area contributed by atoms with E-state index in [0.29, 0.717) is 6.42 Å². The van der Waals surface area contributed by atoms with Crippen LogP contribution in [0.4, 0.5) is 0 Å². The van der Waals surface area contributed by atoms with Crippen molar-refractivity contribution in [2.45, 2.75) is 95.6 Å². The maximum Gasteiger partial charge on any atom is 0.224 e. The standard InChI is InChI=1S/C25H45NO2/c1-21(2,3)15-17(20(26)28)16-13-18(22(4,5)6)19(27)25(14-16,23(7,8)9)24(10,11)12/h13-14,17,19,27H,15H2,1-12H3,(H2,26,28). The molecular weight excluding hydrogens is 346 g/mol. The van der Waals surface area contributed by atoms with E-state index in [2.05, 4.69) is 95.2 Å². The van der Waals surface area contributed by atoms with Gasteiger partial charge in [-0.2, -0.15) is 0 Å². The zero-order valence-electron chi connectivity index (χ0n) is 20.4. The third-order valence-corrected chi connectivity index (χ3v) is 6.35. The van der Waals surface area contributed by atoms with Crippen molar-refractivity contribution < 1.29 is 9.90 Å². The van der Waals surface area contributed by atoms with Gasteiger partial charge in [0.25, 0.3) is 0 Å². The smallest absolute Gasteiger partial charge is 0.224 e. The van der Waals surface area contributed by atoms with Crippen molar-refractivity contribution in [2.24, 2.45) is 38.7 Å². The van der Waals surface area contributed by atoms with E-state index in [9.17, 15) is 9.90 Å². The van der Waals surface area contributed by atoms with E-state index in [4.69, 9.17) is 5.73 Å². The van der Waals surface area contributed by atoms with Crippen LogP contribution in [0, 0.1) is 33.0 Å². The molecule has 0 fully saturated rings. The fraction of sp³-hybridized carbons (Fsp3) is 0.800. The Morgan fingerprint density at radius 2 is 1.43 bits per heavy atom. The predicted molar refractivity (Wildman–Crippen MR) is 120 cm³/mol. The van der Waals surface area contributed by atoms with Gasteiger partial charge in [-0.05, 0) is 39.2 Å². The van der Waals surface area contributed by atoms with E-state index >= 15 is 0 Å². The van der Waals surface area contributed by atoms with Crippen LogP contribution in [0.15, 0.2) is 23.3 Å². The maximum atomic E-state index is 12.5. The Labute approximate surface area is 173 Å². The summed E-state index contributed by atoms with van der Waals surface area (Å²) in [6, 6.07) is 0. The van der Waals surface area contributed by atoms with Crippen molar-refractivity contribution >= 4 is 5.91 Å². The largest absolute Gasteiger partial charge is 0.388 e. The van der Waals surface area contributed by atoms with Crippen LogP contribution in [-0.2, 0) is 4.79 Å². The molecule has 3 heteroatoms. The summed E-state index contributed by atoms with van der Waals surface area (Å²) in [6.07, 6.45) is 4.30. The lowest BCUT2D eigenvalue weighted by molar-refractivity contribution is -0.121. The molecular formula is C25H45NO2. The molecule has 2 atom stereocenters. The number of amides is 1. The molecule has 28 heavy (non-hydrogen) atoms. The number of primary amides is 1. The van der Waals surface area contributed by atoms with Crippen LogP contribution < -0.4 is 5.73 Å². The van der Waals surface area contributed by atoms with Gasteiger partial charge in [0.05, 0.1) is 12.0 Å². The van der Waals surface area contributed by atoms with Crippen LogP contribution in [0.3, 0.4) is 0 Å². The van der Waals surface area contributed by atoms with Crippen LogP contribution in [0.1, 0.15) is 89.5 Å². The minimum Gasteiger partial charge on any atom is -0.388 e. The number of hydrogen-bond donors (Lipinski definition) is 2. The number of allylic oxidation sites excluding steroid dienone is 1. The second-order valence-corrected chi connectivity index (χ2v) is 13.0. The molecule has 1 rings (SSSR count). The summed E-state index contributed by atoms with van der Waals surface area (Å²) >= 11 is 0. The molecule has 0 saturated heterocycles. The molecule has 162 valence electrons. The molecule has 3 nitrogen and oxygen atoms in total. The molecule has 2 unspecified atom stereocenters. The minimum atomic E-state index is -0.626. The average Bonchev–Trinajstić information content (AvgIpc) is 2.40. The fourth-order valence-corrected chi connectivity index (χ4v) is 5.09. The van der Waals surface area contributed by atoms with Gasteiger partial charge in [-0.25, -0.2) is 0 Å². The Kier molecular flexibility index (Phi) is 6.51. The number of aliphatic hydroxyl groups is 1. The summed E-state index contributed by atoms with van der Waals surface area (Å²) in [5.41, 5.74) is 6.63. The number of rotatable bonds is 3. The van der Waals surface area contributed by atoms with Gasteiger partial charge < -0.3 is 10.8 Å². The molecule has 0 spiro atoms. The molecule has 0 aromatic rings. The van der Waals surface area contributed by atoms with Gasteiger partial charge in [0, 0.05) is 5.41 Å². The van der Waals surface area contributed by atoms with Gasteiger partial charge in [-0.15, -0.1) is 0 Å². The van der Waals surface area contributed by atoms with Crippen molar-refractivity contribution in [3.8, 4) is 0 Å². The van der Waals surface area contributed by atoms with Crippen molar-refractivity contribution in [2.75, 3.05) is 0 Å². The summed E-state index contributed by atoms with van der Waals surface area (Å²) in [4.78, 5) is 12.5. The second-order valence-electron chi connectivity index (χ2n) is 13.0. The zero-order chi connectivity index (χ0) is 22.5. The van der Waals surface area contributed by atoms with Crippen LogP contribution in [0.5, 0.6) is 0 Å². The normalized spacial score (nSPS) is 22.4. The Morgan fingerprint density at radius 1 is 1.00 bits per heavy atom. The molecule has 0 aliphatic heterocycles. The third-order valence-electron chi connectivity index (χ3n) is 6.35. The summed E-state index contributed by atoms with van der Waals surface area (Å²) in [5, 5.41) is 11.7. The molecule has 0 saturated carbocycles.